The summed E-state index contributed by atoms with van der Waals surface area (Å²) < 4.78 is 10.8. The maximum absolute atomic E-state index is 11.5. The van der Waals surface area contributed by atoms with Gasteiger partial charge in [0.15, 0.2) is 18.2 Å². The van der Waals surface area contributed by atoms with E-state index in [0.717, 1.165) is 66.9 Å². The largest absolute Gasteiger partial charge is 0.497 e. The topological polar surface area (TPSA) is 112 Å². The molecule has 0 bridgehead atoms. The number of benzene rings is 1. The molecule has 2 aromatic heterocycles. The van der Waals surface area contributed by atoms with E-state index in [1.165, 1.54) is 0 Å². The van der Waals surface area contributed by atoms with Crippen molar-refractivity contribution in [2.24, 2.45) is 5.92 Å². The van der Waals surface area contributed by atoms with Crippen LogP contribution in [0.15, 0.2) is 36.5 Å². The number of fused-ring (bicyclic) bond motifs is 2. The lowest BCUT2D eigenvalue weighted by Crippen LogP contribution is -2.28. The van der Waals surface area contributed by atoms with Crippen molar-refractivity contribution in [1.29, 1.82) is 5.26 Å². The number of nitrogens with zero attached hydrogens (tertiary/aromatic N) is 4. The molecule has 35 heavy (non-hydrogen) atoms. The summed E-state index contributed by atoms with van der Waals surface area (Å²) in [5.41, 5.74) is 3.41. The maximum atomic E-state index is 11.5. The van der Waals surface area contributed by atoms with Crippen molar-refractivity contribution >= 4 is 22.6 Å². The molecule has 4 heterocycles. The smallest absolute Gasteiger partial charge is 0.263 e. The van der Waals surface area contributed by atoms with Crippen LogP contribution >= 0.6 is 0 Å². The van der Waals surface area contributed by atoms with Crippen LogP contribution in [0.4, 0.5) is 5.82 Å². The number of likely N-dealkylation sites (tertiary alicyclic amines) is 1. The Labute approximate surface area is 204 Å². The number of hydrogen-bond donors (Lipinski definition) is 2. The summed E-state index contributed by atoms with van der Waals surface area (Å²) in [6.45, 7) is 4.53. The first kappa shape index (κ1) is 23.0. The zero-order valence-electron chi connectivity index (χ0n) is 19.7. The van der Waals surface area contributed by atoms with Gasteiger partial charge in [-0.3, -0.25) is 9.78 Å². The fourth-order valence-corrected chi connectivity index (χ4v) is 4.78. The van der Waals surface area contributed by atoms with Gasteiger partial charge < -0.3 is 25.0 Å². The Morgan fingerprint density at radius 1 is 1.34 bits per heavy atom. The lowest BCUT2D eigenvalue weighted by atomic mass is 10.0. The fraction of sp³-hybridized carbons (Fsp3) is 0.385. The number of nitriles is 1. The van der Waals surface area contributed by atoms with Crippen molar-refractivity contribution in [3.8, 4) is 17.6 Å². The average molecular weight is 473 g/mol. The molecule has 0 radical (unpaired) electrons. The Balaban J connectivity index is 1.14. The van der Waals surface area contributed by atoms with E-state index in [2.05, 4.69) is 31.6 Å². The van der Waals surface area contributed by atoms with E-state index >= 15 is 0 Å². The lowest BCUT2D eigenvalue weighted by Gasteiger charge is -2.18. The first-order valence-corrected chi connectivity index (χ1v) is 11.8. The van der Waals surface area contributed by atoms with Crippen molar-refractivity contribution in [2.75, 3.05) is 45.2 Å². The van der Waals surface area contributed by atoms with Gasteiger partial charge in [0.1, 0.15) is 11.8 Å². The zero-order valence-corrected chi connectivity index (χ0v) is 19.7. The minimum absolute atomic E-state index is 0.0356. The van der Waals surface area contributed by atoms with Crippen LogP contribution in [0.25, 0.3) is 10.9 Å². The predicted octanol–water partition coefficient (Wildman–Crippen LogP) is 2.50. The molecule has 1 atom stereocenters. The van der Waals surface area contributed by atoms with Gasteiger partial charge in [-0.25, -0.2) is 4.98 Å². The third-order valence-electron chi connectivity index (χ3n) is 6.63. The Hall–Kier alpha value is -3.74. The second kappa shape index (κ2) is 10.3. The molecule has 9 heteroatoms. The number of hydrogen-bond acceptors (Lipinski definition) is 8. The quantitative estimate of drug-likeness (QED) is 0.514. The zero-order chi connectivity index (χ0) is 24.2. The van der Waals surface area contributed by atoms with Crippen LogP contribution in [0, 0.1) is 17.2 Å². The van der Waals surface area contributed by atoms with Gasteiger partial charge in [-0.2, -0.15) is 5.26 Å². The number of methoxy groups -OCH3 is 1. The number of carbonyl (C=O) groups is 1. The molecular weight excluding hydrogens is 444 g/mol. The van der Waals surface area contributed by atoms with Crippen molar-refractivity contribution in [3.63, 3.8) is 0 Å². The van der Waals surface area contributed by atoms with Crippen molar-refractivity contribution in [2.45, 2.75) is 19.4 Å². The van der Waals surface area contributed by atoms with E-state index in [1.807, 2.05) is 30.3 Å². The standard InChI is InChI=1S/C26H28N6O3/c1-34-20-3-4-23-22(10-20)21(18(11-27)13-29-23)7-9-32-8-6-17(15-32)12-28-14-19-2-5-24-26(30-19)31-25(33)16-35-24/h2-5,10,13,17,28H,6-9,12,14-16H2,1H3,(H,30,31,33)/t17-/m0/s1. The Bertz CT molecular complexity index is 1290. The van der Waals surface area contributed by atoms with Gasteiger partial charge in [0.05, 0.1) is 23.9 Å². The first-order valence-electron chi connectivity index (χ1n) is 11.8. The molecule has 180 valence electrons. The van der Waals surface area contributed by atoms with Gasteiger partial charge in [0, 0.05) is 31.2 Å². The van der Waals surface area contributed by atoms with Crippen LogP contribution in [-0.2, 0) is 17.8 Å². The number of aromatic nitrogens is 2. The van der Waals surface area contributed by atoms with Gasteiger partial charge >= 0.3 is 0 Å². The predicted molar refractivity (Wildman–Crippen MR) is 131 cm³/mol. The molecule has 0 saturated carbocycles. The van der Waals surface area contributed by atoms with Gasteiger partial charge in [0.2, 0.25) is 0 Å². The molecular formula is C26H28N6O3. The molecule has 2 N–H and O–H groups in total. The van der Waals surface area contributed by atoms with Crippen LogP contribution in [0.2, 0.25) is 0 Å². The summed E-state index contributed by atoms with van der Waals surface area (Å²) in [6, 6.07) is 11.9. The number of amides is 1. The average Bonchev–Trinajstić information content (AvgIpc) is 3.34. The Morgan fingerprint density at radius 2 is 2.26 bits per heavy atom. The highest BCUT2D eigenvalue weighted by Crippen LogP contribution is 2.27. The van der Waals surface area contributed by atoms with E-state index in [-0.39, 0.29) is 12.5 Å². The molecule has 5 rings (SSSR count). The van der Waals surface area contributed by atoms with Crippen molar-refractivity contribution < 1.29 is 14.3 Å². The second-order valence-electron chi connectivity index (χ2n) is 8.97. The number of rotatable bonds is 8. The second-order valence-corrected chi connectivity index (χ2v) is 8.97. The lowest BCUT2D eigenvalue weighted by molar-refractivity contribution is -0.118. The monoisotopic (exact) mass is 472 g/mol. The molecule has 9 nitrogen and oxygen atoms in total. The van der Waals surface area contributed by atoms with Gasteiger partial charge in [-0.1, -0.05) is 0 Å². The van der Waals surface area contributed by atoms with Gasteiger partial charge in [-0.05, 0) is 67.7 Å². The van der Waals surface area contributed by atoms with Crippen LogP contribution in [-0.4, -0.2) is 60.7 Å². The van der Waals surface area contributed by atoms with E-state index in [4.69, 9.17) is 9.47 Å². The normalized spacial score (nSPS) is 17.5. The highest BCUT2D eigenvalue weighted by atomic mass is 16.5. The molecule has 2 aliphatic heterocycles. The molecule has 1 amide bonds. The maximum Gasteiger partial charge on any atom is 0.263 e. The Morgan fingerprint density at radius 3 is 3.11 bits per heavy atom. The van der Waals surface area contributed by atoms with E-state index in [9.17, 15) is 10.1 Å². The molecule has 0 spiro atoms. The van der Waals surface area contributed by atoms with Crippen molar-refractivity contribution in [3.05, 3.63) is 53.3 Å². The summed E-state index contributed by atoms with van der Waals surface area (Å²) in [5.74, 6) is 2.25. The summed E-state index contributed by atoms with van der Waals surface area (Å²) in [7, 11) is 1.65. The third kappa shape index (κ3) is 5.19. The number of carbonyl (C=O) groups excluding carboxylic acids is 1. The number of nitrogens with one attached hydrogen (secondary N) is 2. The van der Waals surface area contributed by atoms with Gasteiger partial charge in [-0.15, -0.1) is 0 Å². The van der Waals surface area contributed by atoms with Crippen LogP contribution < -0.4 is 20.1 Å². The highest BCUT2D eigenvalue weighted by molar-refractivity contribution is 5.94. The number of ether oxygens (including phenoxy) is 2. The third-order valence-corrected chi connectivity index (χ3v) is 6.63. The van der Waals surface area contributed by atoms with Crippen LogP contribution in [0.5, 0.6) is 11.5 Å². The molecule has 0 aliphatic carbocycles. The SMILES string of the molecule is COc1ccc2ncc(C#N)c(CCN3CC[C@@H](CNCc4ccc5c(n4)NC(=O)CO5)C3)c2c1. The summed E-state index contributed by atoms with van der Waals surface area (Å²) in [4.78, 5) is 22.9. The highest BCUT2D eigenvalue weighted by Gasteiger charge is 2.23. The van der Waals surface area contributed by atoms with E-state index < -0.39 is 0 Å². The molecule has 3 aromatic rings. The summed E-state index contributed by atoms with van der Waals surface area (Å²) in [5, 5.41) is 16.9. The molecule has 1 saturated heterocycles. The minimum atomic E-state index is -0.179. The number of pyridine rings is 2. The molecule has 1 aromatic carbocycles. The number of anilines is 1. The van der Waals surface area contributed by atoms with Gasteiger partial charge in [0.25, 0.3) is 5.91 Å². The van der Waals surface area contributed by atoms with Crippen LogP contribution in [0.3, 0.4) is 0 Å². The Kier molecular flexibility index (Phi) is 6.75. The molecule has 2 aliphatic rings. The fourth-order valence-electron chi connectivity index (χ4n) is 4.78. The first-order chi connectivity index (χ1) is 17.1. The molecule has 1 fully saturated rings. The van der Waals surface area contributed by atoms with E-state index in [1.54, 1.807) is 13.3 Å². The van der Waals surface area contributed by atoms with E-state index in [0.29, 0.717) is 29.6 Å². The summed E-state index contributed by atoms with van der Waals surface area (Å²) >= 11 is 0. The van der Waals surface area contributed by atoms with Crippen molar-refractivity contribution in [1.82, 2.24) is 20.2 Å². The minimum Gasteiger partial charge on any atom is -0.497 e. The molecule has 0 unspecified atom stereocenters. The summed E-state index contributed by atoms with van der Waals surface area (Å²) in [6.07, 6.45) is 3.60. The van der Waals surface area contributed by atoms with Crippen LogP contribution in [0.1, 0.15) is 23.2 Å².